The van der Waals surface area contributed by atoms with Crippen molar-refractivity contribution in [1.29, 1.82) is 5.26 Å². The minimum Gasteiger partial charge on any atom is -0.481 e. The normalized spacial score (nSPS) is 23.7. The SMILES string of the molecule is CCOCC1(c2ccccc2C#N)C=CC(C(=O)O)C=C1F. The van der Waals surface area contributed by atoms with E-state index in [4.69, 9.17) is 9.84 Å². The molecule has 0 aromatic heterocycles. The first-order valence-electron chi connectivity index (χ1n) is 6.92. The third-order valence-electron chi connectivity index (χ3n) is 3.69. The van der Waals surface area contributed by atoms with Gasteiger partial charge >= 0.3 is 5.97 Å². The Morgan fingerprint density at radius 1 is 1.50 bits per heavy atom. The number of aliphatic carboxylic acids is 1. The summed E-state index contributed by atoms with van der Waals surface area (Å²) in [5, 5.41) is 18.3. The van der Waals surface area contributed by atoms with E-state index in [2.05, 4.69) is 0 Å². The Labute approximate surface area is 128 Å². The molecular weight excluding hydrogens is 285 g/mol. The fourth-order valence-corrected chi connectivity index (χ4v) is 2.51. The first-order chi connectivity index (χ1) is 10.5. The van der Waals surface area contributed by atoms with E-state index in [9.17, 15) is 14.4 Å². The Hall–Kier alpha value is -2.45. The van der Waals surface area contributed by atoms with Crippen molar-refractivity contribution >= 4 is 5.97 Å². The second kappa shape index (κ2) is 6.54. The summed E-state index contributed by atoms with van der Waals surface area (Å²) < 4.78 is 20.2. The lowest BCUT2D eigenvalue weighted by atomic mass is 9.73. The van der Waals surface area contributed by atoms with E-state index in [1.807, 2.05) is 6.07 Å². The van der Waals surface area contributed by atoms with Crippen LogP contribution in [0.25, 0.3) is 0 Å². The first-order valence-corrected chi connectivity index (χ1v) is 6.92. The molecule has 0 amide bonds. The third-order valence-corrected chi connectivity index (χ3v) is 3.69. The van der Waals surface area contributed by atoms with Crippen LogP contribution in [-0.4, -0.2) is 24.3 Å². The van der Waals surface area contributed by atoms with Gasteiger partial charge in [0.2, 0.25) is 0 Å². The molecule has 2 rings (SSSR count). The van der Waals surface area contributed by atoms with E-state index in [-0.39, 0.29) is 6.61 Å². The van der Waals surface area contributed by atoms with Crippen LogP contribution in [0.3, 0.4) is 0 Å². The zero-order chi connectivity index (χ0) is 16.2. The van der Waals surface area contributed by atoms with Crippen LogP contribution in [-0.2, 0) is 14.9 Å². The topological polar surface area (TPSA) is 70.3 Å². The second-order valence-corrected chi connectivity index (χ2v) is 5.00. The summed E-state index contributed by atoms with van der Waals surface area (Å²) in [6.45, 7) is 2.19. The molecule has 0 radical (unpaired) electrons. The van der Waals surface area contributed by atoms with Crippen molar-refractivity contribution in [1.82, 2.24) is 0 Å². The summed E-state index contributed by atoms with van der Waals surface area (Å²) in [5.74, 6) is -2.74. The molecule has 2 unspecified atom stereocenters. The zero-order valence-electron chi connectivity index (χ0n) is 12.1. The Bertz CT molecular complexity index is 675. The number of nitrogens with zero attached hydrogens (tertiary/aromatic N) is 1. The number of carboxylic acids is 1. The van der Waals surface area contributed by atoms with Crippen LogP contribution in [0.5, 0.6) is 0 Å². The van der Waals surface area contributed by atoms with Crippen molar-refractivity contribution in [3.05, 3.63) is 59.4 Å². The Kier molecular flexibility index (Phi) is 4.74. The minimum absolute atomic E-state index is 0.00731. The maximum Gasteiger partial charge on any atom is 0.314 e. The molecule has 1 aliphatic rings. The summed E-state index contributed by atoms with van der Waals surface area (Å²) in [6, 6.07) is 8.73. The molecule has 0 fully saturated rings. The molecule has 0 aliphatic heterocycles. The van der Waals surface area contributed by atoms with E-state index in [1.165, 1.54) is 12.2 Å². The van der Waals surface area contributed by atoms with Crippen molar-refractivity contribution < 1.29 is 19.0 Å². The number of benzene rings is 1. The van der Waals surface area contributed by atoms with Gasteiger partial charge in [0, 0.05) is 6.61 Å². The minimum atomic E-state index is -1.26. The largest absolute Gasteiger partial charge is 0.481 e. The van der Waals surface area contributed by atoms with Gasteiger partial charge in [0.15, 0.2) is 0 Å². The number of ether oxygens (including phenoxy) is 1. The zero-order valence-corrected chi connectivity index (χ0v) is 12.1. The van der Waals surface area contributed by atoms with Crippen LogP contribution in [0.1, 0.15) is 18.1 Å². The average molecular weight is 301 g/mol. The predicted molar refractivity (Wildman–Crippen MR) is 78.8 cm³/mol. The molecule has 114 valence electrons. The van der Waals surface area contributed by atoms with Crippen LogP contribution >= 0.6 is 0 Å². The quantitative estimate of drug-likeness (QED) is 0.849. The van der Waals surface area contributed by atoms with E-state index in [0.717, 1.165) is 6.08 Å². The lowest BCUT2D eigenvalue weighted by Crippen LogP contribution is -2.35. The van der Waals surface area contributed by atoms with Crippen LogP contribution in [0.4, 0.5) is 4.39 Å². The fourth-order valence-electron chi connectivity index (χ4n) is 2.51. The molecule has 4 nitrogen and oxygen atoms in total. The monoisotopic (exact) mass is 301 g/mol. The molecule has 2 atom stereocenters. The third kappa shape index (κ3) is 2.78. The number of hydrogen-bond donors (Lipinski definition) is 1. The molecule has 0 spiro atoms. The van der Waals surface area contributed by atoms with Crippen molar-refractivity contribution in [2.24, 2.45) is 5.92 Å². The maximum absolute atomic E-state index is 14.8. The van der Waals surface area contributed by atoms with Crippen LogP contribution in [0.15, 0.2) is 48.3 Å². The lowest BCUT2D eigenvalue weighted by Gasteiger charge is -2.33. The standard InChI is InChI=1S/C17H16FNO3/c1-2-22-11-17(14-6-4-3-5-13(14)10-19)8-7-12(16(20)21)9-15(17)18/h3-9,12H,2,11H2,1H3,(H,20,21). The number of carboxylic acid groups (broad SMARTS) is 1. The van der Waals surface area contributed by atoms with Crippen molar-refractivity contribution in [2.45, 2.75) is 12.3 Å². The summed E-state index contributed by atoms with van der Waals surface area (Å²) in [5.41, 5.74) is -0.446. The van der Waals surface area contributed by atoms with Gasteiger partial charge in [-0.25, -0.2) is 4.39 Å². The molecule has 0 bridgehead atoms. The number of halogens is 1. The van der Waals surface area contributed by atoms with Gasteiger partial charge in [-0.15, -0.1) is 0 Å². The summed E-state index contributed by atoms with van der Waals surface area (Å²) in [6.07, 6.45) is 3.99. The molecule has 5 heteroatoms. The Morgan fingerprint density at radius 3 is 2.82 bits per heavy atom. The molecule has 1 aliphatic carbocycles. The van der Waals surface area contributed by atoms with Gasteiger partial charge in [0.05, 0.1) is 29.6 Å². The summed E-state index contributed by atoms with van der Waals surface area (Å²) in [7, 11) is 0. The average Bonchev–Trinajstić information content (AvgIpc) is 2.53. The Balaban J connectivity index is 2.56. The van der Waals surface area contributed by atoms with Gasteiger partial charge < -0.3 is 9.84 Å². The summed E-state index contributed by atoms with van der Waals surface area (Å²) >= 11 is 0. The van der Waals surface area contributed by atoms with E-state index < -0.39 is 23.1 Å². The van der Waals surface area contributed by atoms with Crippen molar-refractivity contribution in [3.63, 3.8) is 0 Å². The molecular formula is C17H16FNO3. The smallest absolute Gasteiger partial charge is 0.314 e. The van der Waals surface area contributed by atoms with Gasteiger partial charge in [-0.1, -0.05) is 30.4 Å². The maximum atomic E-state index is 14.8. The Morgan fingerprint density at radius 2 is 2.23 bits per heavy atom. The molecule has 0 heterocycles. The van der Waals surface area contributed by atoms with Gasteiger partial charge in [-0.05, 0) is 24.6 Å². The van der Waals surface area contributed by atoms with E-state index in [0.29, 0.717) is 17.7 Å². The number of rotatable bonds is 5. The number of hydrogen-bond acceptors (Lipinski definition) is 3. The van der Waals surface area contributed by atoms with Crippen LogP contribution in [0, 0.1) is 17.2 Å². The van der Waals surface area contributed by atoms with Crippen LogP contribution in [0.2, 0.25) is 0 Å². The van der Waals surface area contributed by atoms with Crippen LogP contribution < -0.4 is 0 Å². The first kappa shape index (κ1) is 15.9. The van der Waals surface area contributed by atoms with Gasteiger partial charge in [0.1, 0.15) is 5.83 Å². The highest BCUT2D eigenvalue weighted by Gasteiger charge is 2.40. The molecule has 0 saturated carbocycles. The second-order valence-electron chi connectivity index (χ2n) is 5.00. The van der Waals surface area contributed by atoms with Crippen molar-refractivity contribution in [3.8, 4) is 6.07 Å². The van der Waals surface area contributed by atoms with Gasteiger partial charge in [-0.3, -0.25) is 4.79 Å². The molecule has 1 aromatic carbocycles. The lowest BCUT2D eigenvalue weighted by molar-refractivity contribution is -0.138. The van der Waals surface area contributed by atoms with E-state index >= 15 is 0 Å². The number of carbonyl (C=O) groups is 1. The number of nitriles is 1. The predicted octanol–water partition coefficient (Wildman–Crippen LogP) is 2.96. The van der Waals surface area contributed by atoms with Gasteiger partial charge in [0.25, 0.3) is 0 Å². The molecule has 1 N–H and O–H groups in total. The van der Waals surface area contributed by atoms with E-state index in [1.54, 1.807) is 31.2 Å². The molecule has 22 heavy (non-hydrogen) atoms. The van der Waals surface area contributed by atoms with Crippen molar-refractivity contribution in [2.75, 3.05) is 13.2 Å². The highest BCUT2D eigenvalue weighted by atomic mass is 19.1. The summed E-state index contributed by atoms with van der Waals surface area (Å²) in [4.78, 5) is 11.0. The molecule has 1 aromatic rings. The highest BCUT2D eigenvalue weighted by Crippen LogP contribution is 2.40. The molecule has 0 saturated heterocycles. The van der Waals surface area contributed by atoms with Gasteiger partial charge in [-0.2, -0.15) is 5.26 Å². The fraction of sp³-hybridized carbons (Fsp3) is 0.294. The highest BCUT2D eigenvalue weighted by molar-refractivity contribution is 5.75.